The maximum Gasteiger partial charge on any atom is 0.212 e. The molecule has 0 N–H and O–H groups in total. The molecule has 1 heterocycles. The minimum absolute atomic E-state index is 0.202. The van der Waals surface area contributed by atoms with Gasteiger partial charge >= 0.3 is 0 Å². The number of pyridine rings is 1. The fourth-order valence-corrected chi connectivity index (χ4v) is 3.91. The molecule has 0 unspecified atom stereocenters. The predicted octanol–water partition coefficient (Wildman–Crippen LogP) is 4.33. The summed E-state index contributed by atoms with van der Waals surface area (Å²) in [5.74, 6) is 0. The van der Waals surface area contributed by atoms with Gasteiger partial charge in [0.05, 0.1) is 8.07 Å². The second kappa shape index (κ2) is 5.66. The van der Waals surface area contributed by atoms with Gasteiger partial charge in [0.25, 0.3) is 0 Å². The highest BCUT2D eigenvalue weighted by molar-refractivity contribution is 6.88. The highest BCUT2D eigenvalue weighted by Gasteiger charge is 2.22. The van der Waals surface area contributed by atoms with Crippen molar-refractivity contribution in [2.24, 2.45) is 7.05 Å². The third-order valence-corrected chi connectivity index (χ3v) is 6.40. The summed E-state index contributed by atoms with van der Waals surface area (Å²) in [5.41, 5.74) is 5.57. The van der Waals surface area contributed by atoms with Gasteiger partial charge in [0, 0.05) is 16.8 Å². The lowest BCUT2D eigenvalue weighted by Crippen LogP contribution is -2.44. The number of benzene rings is 1. The highest BCUT2D eigenvalue weighted by atomic mass is 28.3. The summed E-state index contributed by atoms with van der Waals surface area (Å²) in [5, 5.41) is 1.50. The summed E-state index contributed by atoms with van der Waals surface area (Å²) in [6, 6.07) is 11.5. The molecular formula is C20H30NSi+. The van der Waals surface area contributed by atoms with E-state index >= 15 is 0 Å². The summed E-state index contributed by atoms with van der Waals surface area (Å²) < 4.78 is 2.28. The Morgan fingerprint density at radius 2 is 1.59 bits per heavy atom. The Balaban J connectivity index is 2.49. The van der Waals surface area contributed by atoms with Crippen LogP contribution in [-0.4, -0.2) is 8.07 Å². The van der Waals surface area contributed by atoms with Gasteiger partial charge in [0.2, 0.25) is 5.69 Å². The van der Waals surface area contributed by atoms with E-state index in [-0.39, 0.29) is 5.41 Å². The quantitative estimate of drug-likeness (QED) is 0.574. The Hall–Kier alpha value is -1.41. The summed E-state index contributed by atoms with van der Waals surface area (Å²) >= 11 is 0. The van der Waals surface area contributed by atoms with Gasteiger partial charge in [0.1, 0.15) is 7.05 Å². The Morgan fingerprint density at radius 1 is 0.955 bits per heavy atom. The van der Waals surface area contributed by atoms with Crippen molar-refractivity contribution in [3.63, 3.8) is 0 Å². The average Bonchev–Trinajstić information content (AvgIpc) is 2.37. The standard InChI is InChI=1S/C20H30NSi/c1-15-13-16(20(2,3)4)9-11-18(15)19-12-10-17(14-21(19)5)22(6,7)8/h9-14H,1-8H3/q+1. The van der Waals surface area contributed by atoms with Gasteiger partial charge in [0.15, 0.2) is 6.20 Å². The number of hydrogen-bond acceptors (Lipinski definition) is 0. The van der Waals surface area contributed by atoms with Crippen molar-refractivity contribution < 1.29 is 4.57 Å². The van der Waals surface area contributed by atoms with Crippen LogP contribution in [0.1, 0.15) is 31.9 Å². The molecule has 0 aliphatic carbocycles. The van der Waals surface area contributed by atoms with Crippen LogP contribution in [0.5, 0.6) is 0 Å². The van der Waals surface area contributed by atoms with Crippen molar-refractivity contribution in [2.75, 3.05) is 0 Å². The summed E-state index contributed by atoms with van der Waals surface area (Å²) in [4.78, 5) is 0. The Kier molecular flexibility index (Phi) is 4.36. The van der Waals surface area contributed by atoms with Crippen LogP contribution < -0.4 is 9.75 Å². The van der Waals surface area contributed by atoms with Crippen molar-refractivity contribution >= 4 is 13.3 Å². The SMILES string of the molecule is Cc1cc(C(C)(C)C)ccc1-c1ccc([Si](C)(C)C)c[n+]1C. The van der Waals surface area contributed by atoms with Crippen LogP contribution >= 0.6 is 0 Å². The summed E-state index contributed by atoms with van der Waals surface area (Å²) in [7, 11) is 0.906. The van der Waals surface area contributed by atoms with E-state index in [0.29, 0.717) is 0 Å². The number of aromatic nitrogens is 1. The van der Waals surface area contributed by atoms with Crippen LogP contribution in [0, 0.1) is 6.92 Å². The fourth-order valence-electron chi connectivity index (χ4n) is 2.75. The van der Waals surface area contributed by atoms with Crippen LogP contribution in [0.15, 0.2) is 36.5 Å². The minimum atomic E-state index is -1.26. The van der Waals surface area contributed by atoms with Crippen LogP contribution in [0.4, 0.5) is 0 Å². The van der Waals surface area contributed by atoms with E-state index in [0.717, 1.165) is 0 Å². The predicted molar refractivity (Wildman–Crippen MR) is 99.5 cm³/mol. The number of rotatable bonds is 2. The molecular weight excluding hydrogens is 282 g/mol. The van der Waals surface area contributed by atoms with Crippen molar-refractivity contribution in [3.05, 3.63) is 47.7 Å². The third-order valence-electron chi connectivity index (χ3n) is 4.37. The monoisotopic (exact) mass is 312 g/mol. The molecule has 2 heteroatoms. The Morgan fingerprint density at radius 3 is 2.05 bits per heavy atom. The van der Waals surface area contributed by atoms with E-state index < -0.39 is 8.07 Å². The molecule has 0 radical (unpaired) electrons. The molecule has 2 aromatic rings. The first-order valence-corrected chi connectivity index (χ1v) is 11.6. The highest BCUT2D eigenvalue weighted by Crippen LogP contribution is 2.27. The molecule has 0 aliphatic heterocycles. The van der Waals surface area contributed by atoms with Crippen molar-refractivity contribution in [1.29, 1.82) is 0 Å². The zero-order chi connectivity index (χ0) is 16.7. The van der Waals surface area contributed by atoms with E-state index in [1.165, 1.54) is 27.6 Å². The van der Waals surface area contributed by atoms with Crippen molar-refractivity contribution in [2.45, 2.75) is 52.8 Å². The van der Waals surface area contributed by atoms with Gasteiger partial charge in [-0.25, -0.2) is 4.57 Å². The molecule has 22 heavy (non-hydrogen) atoms. The van der Waals surface area contributed by atoms with E-state index in [4.69, 9.17) is 0 Å². The van der Waals surface area contributed by atoms with E-state index in [1.807, 2.05) is 0 Å². The maximum atomic E-state index is 2.39. The minimum Gasteiger partial charge on any atom is -0.201 e. The van der Waals surface area contributed by atoms with Gasteiger partial charge in [-0.1, -0.05) is 58.6 Å². The molecule has 0 fully saturated rings. The van der Waals surface area contributed by atoms with Gasteiger partial charge in [-0.05, 0) is 29.5 Å². The molecule has 118 valence electrons. The lowest BCUT2D eigenvalue weighted by atomic mass is 9.85. The van der Waals surface area contributed by atoms with Crippen LogP contribution in [0.25, 0.3) is 11.3 Å². The second-order valence-corrected chi connectivity index (χ2v) is 13.5. The Labute approximate surface area is 137 Å². The molecule has 0 bridgehead atoms. The average molecular weight is 313 g/mol. The lowest BCUT2D eigenvalue weighted by molar-refractivity contribution is -0.659. The number of aryl methyl sites for hydroxylation is 2. The topological polar surface area (TPSA) is 3.88 Å². The first kappa shape index (κ1) is 16.9. The maximum absolute atomic E-state index is 2.39. The molecule has 0 aliphatic rings. The third kappa shape index (κ3) is 3.49. The number of hydrogen-bond donors (Lipinski definition) is 0. The van der Waals surface area contributed by atoms with Crippen molar-refractivity contribution in [3.8, 4) is 11.3 Å². The fraction of sp³-hybridized carbons (Fsp3) is 0.450. The van der Waals surface area contributed by atoms with Crippen molar-refractivity contribution in [1.82, 2.24) is 0 Å². The molecule has 1 aromatic heterocycles. The molecule has 0 saturated carbocycles. The molecule has 2 rings (SSSR count). The first-order valence-electron chi connectivity index (χ1n) is 8.12. The zero-order valence-electron chi connectivity index (χ0n) is 15.4. The van der Waals surface area contributed by atoms with Gasteiger partial charge in [-0.3, -0.25) is 0 Å². The van der Waals surface area contributed by atoms with Gasteiger partial charge in [-0.2, -0.15) is 0 Å². The van der Waals surface area contributed by atoms with E-state index in [1.54, 1.807) is 0 Å². The van der Waals surface area contributed by atoms with Gasteiger partial charge < -0.3 is 0 Å². The van der Waals surface area contributed by atoms with Gasteiger partial charge in [-0.15, -0.1) is 0 Å². The molecule has 0 spiro atoms. The molecule has 0 amide bonds. The molecule has 0 atom stereocenters. The Bertz CT molecular complexity index is 626. The lowest BCUT2D eigenvalue weighted by Gasteiger charge is -2.20. The zero-order valence-corrected chi connectivity index (χ0v) is 16.4. The summed E-state index contributed by atoms with van der Waals surface area (Å²) in [6.07, 6.45) is 2.32. The molecule has 1 nitrogen and oxygen atoms in total. The van der Waals surface area contributed by atoms with E-state index in [9.17, 15) is 0 Å². The second-order valence-electron chi connectivity index (χ2n) is 8.44. The van der Waals surface area contributed by atoms with Crippen LogP contribution in [-0.2, 0) is 12.5 Å². The largest absolute Gasteiger partial charge is 0.212 e. The first-order chi connectivity index (χ1) is 10.00. The van der Waals surface area contributed by atoms with Crippen LogP contribution in [0.3, 0.4) is 0 Å². The smallest absolute Gasteiger partial charge is 0.201 e. The normalized spacial score (nSPS) is 12.5. The van der Waals surface area contributed by atoms with E-state index in [2.05, 4.69) is 95.5 Å². The number of nitrogens with zero attached hydrogens (tertiary/aromatic N) is 1. The molecule has 1 aromatic carbocycles. The van der Waals surface area contributed by atoms with Crippen LogP contribution in [0.2, 0.25) is 19.6 Å². The molecule has 0 saturated heterocycles. The summed E-state index contributed by atoms with van der Waals surface area (Å²) in [6.45, 7) is 16.2.